The maximum Gasteiger partial charge on any atom is 0.250 e. The lowest BCUT2D eigenvalue weighted by atomic mass is 9.41. The SMILES string of the molecule is CN(C(=O)[C@@]1(C)CCC[C@]2(C)c3cc(NC(=O)CO)ccc3CC[C@@]12C)C(O)[C@@]1(C)CCC[C@]2(C)c3cc(N)ccc3CC[C@H]21. The highest BCUT2D eigenvalue weighted by atomic mass is 16.3. The van der Waals surface area contributed by atoms with Gasteiger partial charge in [-0.3, -0.25) is 9.59 Å². The van der Waals surface area contributed by atoms with Crippen molar-refractivity contribution in [3.8, 4) is 0 Å². The first-order valence-electron chi connectivity index (χ1n) is 17.0. The molecule has 5 N–H and O–H groups in total. The number of hydrogen-bond acceptors (Lipinski definition) is 5. The lowest BCUT2D eigenvalue weighted by Crippen LogP contribution is -2.65. The maximum atomic E-state index is 15.0. The molecule has 4 aliphatic rings. The van der Waals surface area contributed by atoms with Gasteiger partial charge in [-0.05, 0) is 120 Å². The molecule has 0 aromatic heterocycles. The van der Waals surface area contributed by atoms with Gasteiger partial charge < -0.3 is 26.2 Å². The molecule has 0 aliphatic heterocycles. The largest absolute Gasteiger partial charge is 0.399 e. The molecular formula is C38H53N3O4. The van der Waals surface area contributed by atoms with Gasteiger partial charge in [0.05, 0.1) is 5.41 Å². The quantitative estimate of drug-likeness (QED) is 0.240. The van der Waals surface area contributed by atoms with E-state index in [9.17, 15) is 19.8 Å². The monoisotopic (exact) mass is 615 g/mol. The maximum absolute atomic E-state index is 15.0. The molecule has 0 bridgehead atoms. The Labute approximate surface area is 269 Å². The van der Waals surface area contributed by atoms with Crippen LogP contribution < -0.4 is 11.1 Å². The molecule has 1 unspecified atom stereocenters. The Morgan fingerprint density at radius 1 is 0.933 bits per heavy atom. The number of anilines is 2. The van der Waals surface area contributed by atoms with Crippen molar-refractivity contribution in [2.75, 3.05) is 24.7 Å². The van der Waals surface area contributed by atoms with Gasteiger partial charge in [0.15, 0.2) is 0 Å². The van der Waals surface area contributed by atoms with Crippen molar-refractivity contribution in [2.45, 2.75) is 116 Å². The Balaban J connectivity index is 1.32. The van der Waals surface area contributed by atoms with Gasteiger partial charge in [-0.15, -0.1) is 0 Å². The van der Waals surface area contributed by atoms with E-state index in [0.29, 0.717) is 5.69 Å². The van der Waals surface area contributed by atoms with E-state index >= 15 is 0 Å². The van der Waals surface area contributed by atoms with Gasteiger partial charge in [0.25, 0.3) is 0 Å². The fraction of sp³-hybridized carbons (Fsp3) is 0.632. The number of rotatable bonds is 5. The van der Waals surface area contributed by atoms with Gasteiger partial charge in [0.2, 0.25) is 11.8 Å². The van der Waals surface area contributed by atoms with Crippen molar-refractivity contribution >= 4 is 23.2 Å². The third-order valence-corrected chi connectivity index (χ3v) is 14.0. The highest BCUT2D eigenvalue weighted by Crippen LogP contribution is 2.66. The first kappa shape index (κ1) is 32.1. The number of aliphatic hydroxyl groups excluding tert-OH is 2. The van der Waals surface area contributed by atoms with E-state index in [4.69, 9.17) is 5.73 Å². The van der Waals surface area contributed by atoms with Crippen molar-refractivity contribution in [1.82, 2.24) is 4.90 Å². The Bertz CT molecular complexity index is 1520. The van der Waals surface area contributed by atoms with Crippen LogP contribution in [0.15, 0.2) is 36.4 Å². The zero-order chi connectivity index (χ0) is 32.6. The number of carbonyl (C=O) groups excluding carboxylic acids is 2. The van der Waals surface area contributed by atoms with E-state index in [2.05, 4.69) is 64.2 Å². The van der Waals surface area contributed by atoms with Gasteiger partial charge in [0.1, 0.15) is 12.8 Å². The normalized spacial score (nSPS) is 36.0. The molecule has 244 valence electrons. The number of amides is 2. The van der Waals surface area contributed by atoms with Crippen LogP contribution in [0.3, 0.4) is 0 Å². The van der Waals surface area contributed by atoms with Gasteiger partial charge in [-0.2, -0.15) is 0 Å². The Morgan fingerprint density at radius 2 is 1.62 bits per heavy atom. The minimum atomic E-state index is -0.901. The summed E-state index contributed by atoms with van der Waals surface area (Å²) in [5.41, 5.74) is 11.0. The average molecular weight is 616 g/mol. The van der Waals surface area contributed by atoms with Crippen LogP contribution >= 0.6 is 0 Å². The molecule has 2 aromatic rings. The number of nitrogens with one attached hydrogen (secondary N) is 1. The van der Waals surface area contributed by atoms with Crippen LogP contribution in [0.5, 0.6) is 0 Å². The van der Waals surface area contributed by atoms with Gasteiger partial charge in [0, 0.05) is 23.8 Å². The number of nitrogen functional groups attached to an aromatic ring is 1. The van der Waals surface area contributed by atoms with E-state index in [0.717, 1.165) is 69.9 Å². The molecule has 7 atom stereocenters. The Morgan fingerprint density at radius 3 is 2.36 bits per heavy atom. The smallest absolute Gasteiger partial charge is 0.250 e. The summed E-state index contributed by atoms with van der Waals surface area (Å²) in [4.78, 5) is 28.7. The number of hydrogen-bond donors (Lipinski definition) is 4. The fourth-order valence-corrected chi connectivity index (χ4v) is 11.0. The highest BCUT2D eigenvalue weighted by molar-refractivity contribution is 5.91. The zero-order valence-electron chi connectivity index (χ0n) is 28.1. The number of nitrogens with zero attached hydrogens (tertiary/aromatic N) is 1. The van der Waals surface area contributed by atoms with Crippen molar-refractivity contribution in [3.63, 3.8) is 0 Å². The second-order valence-corrected chi connectivity index (χ2v) is 16.0. The number of carbonyl (C=O) groups is 2. The van der Waals surface area contributed by atoms with Gasteiger partial charge in [-0.25, -0.2) is 0 Å². The molecule has 2 amide bonds. The molecule has 7 nitrogen and oxygen atoms in total. The van der Waals surface area contributed by atoms with Crippen LogP contribution in [0.2, 0.25) is 0 Å². The summed E-state index contributed by atoms with van der Waals surface area (Å²) in [5.74, 6) is -0.173. The summed E-state index contributed by atoms with van der Waals surface area (Å²) in [6.45, 7) is 10.7. The van der Waals surface area contributed by atoms with Crippen LogP contribution in [-0.4, -0.2) is 46.8 Å². The molecule has 7 heteroatoms. The van der Waals surface area contributed by atoms with Crippen LogP contribution in [-0.2, 0) is 33.3 Å². The zero-order valence-corrected chi connectivity index (χ0v) is 28.1. The van der Waals surface area contributed by atoms with E-state index in [1.807, 2.05) is 19.2 Å². The molecule has 0 spiro atoms. The number of fused-ring (bicyclic) bond motifs is 6. The van der Waals surface area contributed by atoms with Crippen molar-refractivity contribution in [2.24, 2.45) is 22.2 Å². The molecule has 2 saturated carbocycles. The van der Waals surface area contributed by atoms with Crippen LogP contribution in [0.1, 0.15) is 108 Å². The summed E-state index contributed by atoms with van der Waals surface area (Å²) in [6, 6.07) is 12.4. The molecular weight excluding hydrogens is 562 g/mol. The third kappa shape index (κ3) is 4.51. The van der Waals surface area contributed by atoms with E-state index in [1.165, 1.54) is 22.3 Å². The number of benzene rings is 2. The van der Waals surface area contributed by atoms with Crippen LogP contribution in [0.4, 0.5) is 11.4 Å². The van der Waals surface area contributed by atoms with Crippen LogP contribution in [0, 0.1) is 22.2 Å². The van der Waals surface area contributed by atoms with Crippen LogP contribution in [0.25, 0.3) is 0 Å². The minimum Gasteiger partial charge on any atom is -0.399 e. The van der Waals surface area contributed by atoms with Crippen molar-refractivity contribution < 1.29 is 19.8 Å². The van der Waals surface area contributed by atoms with Gasteiger partial charge >= 0.3 is 0 Å². The summed E-state index contributed by atoms with van der Waals surface area (Å²) in [7, 11) is 1.83. The predicted molar refractivity (Wildman–Crippen MR) is 179 cm³/mol. The van der Waals surface area contributed by atoms with E-state index < -0.39 is 29.6 Å². The molecule has 0 radical (unpaired) electrons. The lowest BCUT2D eigenvalue weighted by Gasteiger charge is -2.63. The van der Waals surface area contributed by atoms with Gasteiger partial charge in [-0.1, -0.05) is 59.6 Å². The third-order valence-electron chi connectivity index (χ3n) is 14.0. The first-order chi connectivity index (χ1) is 21.1. The summed E-state index contributed by atoms with van der Waals surface area (Å²) >= 11 is 0. The highest BCUT2D eigenvalue weighted by Gasteiger charge is 2.64. The predicted octanol–water partition coefficient (Wildman–Crippen LogP) is 6.09. The van der Waals surface area contributed by atoms with Crippen molar-refractivity contribution in [3.05, 3.63) is 58.7 Å². The second kappa shape index (κ2) is 10.8. The molecule has 2 aromatic carbocycles. The number of aliphatic hydroxyl groups is 2. The second-order valence-electron chi connectivity index (χ2n) is 16.0. The Kier molecular flexibility index (Phi) is 7.72. The van der Waals surface area contributed by atoms with Crippen molar-refractivity contribution in [1.29, 1.82) is 0 Å². The minimum absolute atomic E-state index is 0.0329. The molecule has 4 aliphatic carbocycles. The average Bonchev–Trinajstić information content (AvgIpc) is 3.01. The topological polar surface area (TPSA) is 116 Å². The molecule has 0 heterocycles. The molecule has 45 heavy (non-hydrogen) atoms. The lowest BCUT2D eigenvalue weighted by molar-refractivity contribution is -0.187. The number of nitrogens with two attached hydrogens (primary N) is 1. The number of aryl methyl sites for hydroxylation is 2. The molecule has 2 fully saturated rings. The summed E-state index contributed by atoms with van der Waals surface area (Å²) in [6.07, 6.45) is 8.34. The standard InChI is InChI=1S/C38H53N3O4/c1-34-16-7-17-35(2,30(34)14-11-24-9-12-26(39)21-28(24)34)32(44)41(6)33(45)37(4)19-8-18-36(3)29-22-27(40-31(43)23-42)13-10-25(29)15-20-38(36,37)5/h9-10,12-13,21-22,30,32,42,44H,7-8,11,14-20,23,39H2,1-6H3,(H,40,43)/t30-,32?,34-,35+,36-,37-,38-/m1/s1. The van der Waals surface area contributed by atoms with E-state index in [1.54, 1.807) is 4.90 Å². The molecule has 6 rings (SSSR count). The first-order valence-corrected chi connectivity index (χ1v) is 17.0. The Hall–Kier alpha value is -2.90. The molecule has 0 saturated heterocycles. The summed E-state index contributed by atoms with van der Waals surface area (Å²) in [5, 5.41) is 24.5. The fourth-order valence-electron chi connectivity index (χ4n) is 11.0. The van der Waals surface area contributed by atoms with E-state index in [-0.39, 0.29) is 28.1 Å². The summed E-state index contributed by atoms with van der Waals surface area (Å²) < 4.78 is 0.